The minimum absolute atomic E-state index is 0.140. The Morgan fingerprint density at radius 3 is 2.50 bits per heavy atom. The summed E-state index contributed by atoms with van der Waals surface area (Å²) in [6.07, 6.45) is 1.87. The van der Waals surface area contributed by atoms with Gasteiger partial charge < -0.3 is 18.9 Å². The largest absolute Gasteiger partial charge is 0.486 e. The Hall–Kier alpha value is -2.15. The van der Waals surface area contributed by atoms with E-state index in [1.54, 1.807) is 0 Å². The Balaban J connectivity index is 1.78. The fraction of sp³-hybridized carbons (Fsp3) is 0.524. The molecule has 1 aromatic carbocycles. The molecule has 1 aliphatic rings. The molecule has 0 aliphatic carbocycles. The van der Waals surface area contributed by atoms with Gasteiger partial charge in [0, 0.05) is 24.2 Å². The number of hydrogen-bond acceptors (Lipinski definition) is 5. The number of rotatable bonds is 7. The molecule has 0 saturated heterocycles. The van der Waals surface area contributed by atoms with Crippen LogP contribution in [-0.2, 0) is 11.3 Å². The number of nitrogens with zero attached hydrogens (tertiary/aromatic N) is 3. The highest BCUT2D eigenvalue weighted by Gasteiger charge is 2.22. The molecule has 0 N–H and O–H groups in total. The molecule has 0 fully saturated rings. The Morgan fingerprint density at radius 1 is 1.18 bits per heavy atom. The van der Waals surface area contributed by atoms with Gasteiger partial charge in [-0.15, -0.1) is 0 Å². The van der Waals surface area contributed by atoms with E-state index in [9.17, 15) is 4.79 Å². The van der Waals surface area contributed by atoms with Gasteiger partial charge in [-0.1, -0.05) is 11.8 Å². The Kier molecular flexibility index (Phi) is 6.54. The summed E-state index contributed by atoms with van der Waals surface area (Å²) in [4.78, 5) is 19.2. The average molecular weight is 404 g/mol. The lowest BCUT2D eigenvalue weighted by Crippen LogP contribution is -2.43. The Morgan fingerprint density at radius 2 is 1.86 bits per heavy atom. The molecule has 0 unspecified atom stereocenters. The van der Waals surface area contributed by atoms with Crippen LogP contribution in [0.4, 0.5) is 0 Å². The lowest BCUT2D eigenvalue weighted by atomic mass is 10.1. The molecule has 152 valence electrons. The molecule has 28 heavy (non-hydrogen) atoms. The van der Waals surface area contributed by atoms with E-state index in [2.05, 4.69) is 44.2 Å². The van der Waals surface area contributed by atoms with Gasteiger partial charge in [-0.2, -0.15) is 0 Å². The van der Waals surface area contributed by atoms with Gasteiger partial charge in [0.1, 0.15) is 13.2 Å². The quantitative estimate of drug-likeness (QED) is 0.652. The zero-order chi connectivity index (χ0) is 20.3. The molecular weight excluding hydrogens is 374 g/mol. The van der Waals surface area contributed by atoms with Crippen molar-refractivity contribution in [3.8, 4) is 22.8 Å². The summed E-state index contributed by atoms with van der Waals surface area (Å²) in [6.45, 7) is 12.2. The Labute approximate surface area is 171 Å². The predicted octanol–water partition coefficient (Wildman–Crippen LogP) is 4.08. The van der Waals surface area contributed by atoms with Crippen molar-refractivity contribution in [1.82, 2.24) is 14.5 Å². The molecule has 6 nitrogen and oxygen atoms in total. The number of carbonyl (C=O) groups excluding carboxylic acids is 1. The molecule has 2 heterocycles. The minimum Gasteiger partial charge on any atom is -0.486 e. The van der Waals surface area contributed by atoms with E-state index >= 15 is 0 Å². The predicted molar refractivity (Wildman–Crippen MR) is 112 cm³/mol. The van der Waals surface area contributed by atoms with Crippen LogP contribution in [0, 0.1) is 0 Å². The third-order valence-electron chi connectivity index (χ3n) is 4.70. The zero-order valence-electron chi connectivity index (χ0n) is 17.3. The van der Waals surface area contributed by atoms with Gasteiger partial charge in [0.2, 0.25) is 5.91 Å². The molecule has 0 bridgehead atoms. The second kappa shape index (κ2) is 8.90. The van der Waals surface area contributed by atoms with Crippen molar-refractivity contribution in [2.24, 2.45) is 0 Å². The number of thioether (sulfide) groups is 1. The highest BCUT2D eigenvalue weighted by molar-refractivity contribution is 7.99. The molecule has 2 aromatic rings. The van der Waals surface area contributed by atoms with E-state index in [1.165, 1.54) is 11.8 Å². The lowest BCUT2D eigenvalue weighted by Gasteiger charge is -2.30. The molecule has 3 rings (SSSR count). The van der Waals surface area contributed by atoms with Gasteiger partial charge in [-0.05, 0) is 52.8 Å². The molecule has 0 atom stereocenters. The van der Waals surface area contributed by atoms with Crippen LogP contribution in [0.25, 0.3) is 11.3 Å². The number of aromatic nitrogens is 2. The van der Waals surface area contributed by atoms with E-state index in [4.69, 9.17) is 9.47 Å². The number of imidazole rings is 1. The minimum atomic E-state index is 0.140. The van der Waals surface area contributed by atoms with Gasteiger partial charge in [0.25, 0.3) is 0 Å². The third-order valence-corrected chi connectivity index (χ3v) is 5.67. The van der Waals surface area contributed by atoms with Crippen LogP contribution in [0.2, 0.25) is 0 Å². The SMILES string of the molecule is CCn1c(-c2ccc3c(c2)OCCO3)cnc1SCC(=O)N(C(C)C)C(C)C. The summed E-state index contributed by atoms with van der Waals surface area (Å²) in [5.74, 6) is 2.07. The van der Waals surface area contributed by atoms with Crippen LogP contribution >= 0.6 is 11.8 Å². The van der Waals surface area contributed by atoms with Gasteiger partial charge >= 0.3 is 0 Å². The summed E-state index contributed by atoms with van der Waals surface area (Å²) in [5, 5.41) is 0.855. The maximum Gasteiger partial charge on any atom is 0.233 e. The first-order valence-corrected chi connectivity index (χ1v) is 10.8. The molecule has 1 aromatic heterocycles. The first-order valence-electron chi connectivity index (χ1n) is 9.81. The topological polar surface area (TPSA) is 56.6 Å². The van der Waals surface area contributed by atoms with Crippen LogP contribution in [-0.4, -0.2) is 51.4 Å². The van der Waals surface area contributed by atoms with Crippen molar-refractivity contribution < 1.29 is 14.3 Å². The smallest absolute Gasteiger partial charge is 0.233 e. The lowest BCUT2D eigenvalue weighted by molar-refractivity contribution is -0.131. The van der Waals surface area contributed by atoms with E-state index in [-0.39, 0.29) is 18.0 Å². The number of amides is 1. The zero-order valence-corrected chi connectivity index (χ0v) is 18.1. The maximum atomic E-state index is 12.7. The van der Waals surface area contributed by atoms with Crippen molar-refractivity contribution in [1.29, 1.82) is 0 Å². The van der Waals surface area contributed by atoms with Crippen molar-refractivity contribution in [2.75, 3.05) is 19.0 Å². The van der Waals surface area contributed by atoms with E-state index in [1.807, 2.05) is 29.3 Å². The monoisotopic (exact) mass is 403 g/mol. The van der Waals surface area contributed by atoms with Crippen LogP contribution in [0.5, 0.6) is 11.5 Å². The van der Waals surface area contributed by atoms with Gasteiger partial charge in [-0.3, -0.25) is 4.79 Å². The second-order valence-electron chi connectivity index (χ2n) is 7.31. The fourth-order valence-corrected chi connectivity index (χ4v) is 4.50. The molecule has 0 saturated carbocycles. The van der Waals surface area contributed by atoms with Crippen molar-refractivity contribution in [3.63, 3.8) is 0 Å². The molecular formula is C21H29N3O3S. The van der Waals surface area contributed by atoms with Crippen molar-refractivity contribution >= 4 is 17.7 Å². The highest BCUT2D eigenvalue weighted by atomic mass is 32.2. The van der Waals surface area contributed by atoms with Crippen LogP contribution in [0.15, 0.2) is 29.6 Å². The Bertz CT molecular complexity index is 824. The van der Waals surface area contributed by atoms with Crippen LogP contribution in [0.3, 0.4) is 0 Å². The highest BCUT2D eigenvalue weighted by Crippen LogP contribution is 2.35. The van der Waals surface area contributed by atoms with Gasteiger partial charge in [0.15, 0.2) is 16.7 Å². The van der Waals surface area contributed by atoms with Crippen LogP contribution in [0.1, 0.15) is 34.6 Å². The third kappa shape index (κ3) is 4.29. The summed E-state index contributed by atoms with van der Waals surface area (Å²) in [6, 6.07) is 6.34. The average Bonchev–Trinajstić information content (AvgIpc) is 3.08. The summed E-state index contributed by atoms with van der Waals surface area (Å²) in [7, 11) is 0. The number of carbonyl (C=O) groups is 1. The van der Waals surface area contributed by atoms with Crippen molar-refractivity contribution in [3.05, 3.63) is 24.4 Å². The number of fused-ring (bicyclic) bond motifs is 1. The maximum absolute atomic E-state index is 12.7. The molecule has 7 heteroatoms. The number of benzene rings is 1. The van der Waals surface area contributed by atoms with E-state index in [0.717, 1.165) is 34.5 Å². The molecule has 1 amide bonds. The van der Waals surface area contributed by atoms with E-state index < -0.39 is 0 Å². The molecule has 0 radical (unpaired) electrons. The van der Waals surface area contributed by atoms with Gasteiger partial charge in [-0.25, -0.2) is 4.98 Å². The molecule has 1 aliphatic heterocycles. The fourth-order valence-electron chi connectivity index (χ4n) is 3.59. The second-order valence-corrected chi connectivity index (χ2v) is 8.25. The normalized spacial score (nSPS) is 13.2. The summed E-state index contributed by atoms with van der Waals surface area (Å²) in [5.41, 5.74) is 2.04. The summed E-state index contributed by atoms with van der Waals surface area (Å²) >= 11 is 1.49. The molecule has 0 spiro atoms. The standard InChI is InChI=1S/C21H29N3O3S/c1-6-23-17(16-7-8-18-19(11-16)27-10-9-26-18)12-22-21(23)28-13-20(25)24(14(2)3)15(4)5/h7-8,11-12,14-15H,6,9-10,13H2,1-5H3. The first kappa shape index (κ1) is 20.6. The number of ether oxygens (including phenoxy) is 2. The summed E-state index contributed by atoms with van der Waals surface area (Å²) < 4.78 is 13.5. The first-order chi connectivity index (χ1) is 13.4. The van der Waals surface area contributed by atoms with Crippen LogP contribution < -0.4 is 9.47 Å². The number of hydrogen-bond donors (Lipinski definition) is 0. The van der Waals surface area contributed by atoms with E-state index in [0.29, 0.717) is 19.0 Å². The van der Waals surface area contributed by atoms with Gasteiger partial charge in [0.05, 0.1) is 17.6 Å². The van der Waals surface area contributed by atoms with Crippen molar-refractivity contribution in [2.45, 2.75) is 58.4 Å².